The molecular formula is C38H82N2O6. The van der Waals surface area contributed by atoms with E-state index in [2.05, 4.69) is 11.8 Å². The number of likely N-dealkylation sites (tertiary alicyclic amines) is 1. The number of aliphatic hydroxyl groups excluding tert-OH is 1. The Morgan fingerprint density at radius 2 is 1.11 bits per heavy atom. The van der Waals surface area contributed by atoms with Crippen LogP contribution in [0.1, 0.15) is 179 Å². The summed E-state index contributed by atoms with van der Waals surface area (Å²) in [4.78, 5) is 40.2. The van der Waals surface area contributed by atoms with Crippen molar-refractivity contribution in [3.05, 3.63) is 0 Å². The minimum Gasteiger partial charge on any atom is -0.464 e. The molecule has 0 unspecified atom stereocenters. The van der Waals surface area contributed by atoms with E-state index in [1.807, 2.05) is 76.3 Å². The summed E-state index contributed by atoms with van der Waals surface area (Å²) < 4.78 is 10.8. The Hall–Kier alpha value is -1.67. The van der Waals surface area contributed by atoms with Crippen LogP contribution in [-0.2, 0) is 23.9 Å². The van der Waals surface area contributed by atoms with Crippen molar-refractivity contribution in [1.29, 1.82) is 0 Å². The summed E-state index contributed by atoms with van der Waals surface area (Å²) in [6, 6.07) is 0. The lowest BCUT2D eigenvalue weighted by atomic mass is 10.1. The highest BCUT2D eigenvalue weighted by Crippen LogP contribution is 2.14. The van der Waals surface area contributed by atoms with E-state index in [-0.39, 0.29) is 63.1 Å². The van der Waals surface area contributed by atoms with Gasteiger partial charge in [-0.15, -0.1) is 0 Å². The molecule has 280 valence electrons. The minimum absolute atomic E-state index is 0.0196. The van der Waals surface area contributed by atoms with Crippen LogP contribution in [0.15, 0.2) is 0 Å². The number of carbonyl (C=O) groups is 3. The average Bonchev–Trinajstić information content (AvgIpc) is 3.11. The van der Waals surface area contributed by atoms with Gasteiger partial charge in [0.05, 0.1) is 19.6 Å². The van der Waals surface area contributed by atoms with Crippen LogP contribution < -0.4 is 0 Å². The lowest BCUT2D eigenvalue weighted by molar-refractivity contribution is -0.153. The van der Waals surface area contributed by atoms with Crippen molar-refractivity contribution in [2.75, 3.05) is 46.4 Å². The molecule has 1 heterocycles. The van der Waals surface area contributed by atoms with E-state index >= 15 is 0 Å². The molecule has 0 aromatic rings. The summed E-state index contributed by atoms with van der Waals surface area (Å²) >= 11 is 0. The van der Waals surface area contributed by atoms with Gasteiger partial charge in [-0.3, -0.25) is 14.4 Å². The maximum absolute atomic E-state index is 12.5. The lowest BCUT2D eigenvalue weighted by Crippen LogP contribution is -2.37. The van der Waals surface area contributed by atoms with E-state index in [4.69, 9.17) is 9.47 Å². The third kappa shape index (κ3) is 38.5. The van der Waals surface area contributed by atoms with Gasteiger partial charge >= 0.3 is 11.9 Å². The molecule has 0 spiro atoms. The van der Waals surface area contributed by atoms with E-state index in [0.717, 1.165) is 45.2 Å². The Bertz CT molecular complexity index is 596. The molecule has 0 atom stereocenters. The number of ether oxygens (including phenoxy) is 2. The van der Waals surface area contributed by atoms with Crippen molar-refractivity contribution in [1.82, 2.24) is 9.80 Å². The summed E-state index contributed by atoms with van der Waals surface area (Å²) in [5, 5.41) is 9.28. The Morgan fingerprint density at radius 3 is 1.57 bits per heavy atom. The van der Waals surface area contributed by atoms with E-state index in [0.29, 0.717) is 6.42 Å². The average molecular weight is 663 g/mol. The number of amides is 1. The zero-order chi connectivity index (χ0) is 36.4. The first kappa shape index (κ1) is 53.8. The van der Waals surface area contributed by atoms with E-state index in [1.165, 1.54) is 56.3 Å². The smallest absolute Gasteiger partial charge is 0.306 e. The zero-order valence-corrected chi connectivity index (χ0v) is 33.0. The Labute approximate surface area is 287 Å². The first-order valence-electron chi connectivity index (χ1n) is 19.4. The number of unbranched alkanes of at least 4 members (excludes halogenated alkanes) is 10. The number of piperidine rings is 1. The molecule has 0 aromatic carbocycles. The van der Waals surface area contributed by atoms with E-state index in [9.17, 15) is 19.5 Å². The maximum Gasteiger partial charge on any atom is 0.306 e. The predicted octanol–water partition coefficient (Wildman–Crippen LogP) is 9.60. The summed E-state index contributed by atoms with van der Waals surface area (Å²) in [5.74, 6) is -0.852. The fraction of sp³-hybridized carbons (Fsp3) is 0.921. The molecule has 1 amide bonds. The van der Waals surface area contributed by atoms with Crippen molar-refractivity contribution in [3.63, 3.8) is 0 Å². The van der Waals surface area contributed by atoms with Gasteiger partial charge in [0.2, 0.25) is 5.91 Å². The molecule has 0 radical (unpaired) electrons. The Kier molecular flexibility index (Phi) is 55.8. The van der Waals surface area contributed by atoms with Crippen LogP contribution in [0, 0.1) is 0 Å². The number of aliphatic hydroxyl groups is 1. The SMILES string of the molecule is CC.CC.CC.CC.CC.CCCCCCCCCCCCCC(=O)OCCN(CCO)C(=O)CCC(=O)OC1CCN(C)CC1. The van der Waals surface area contributed by atoms with Gasteiger partial charge in [-0.2, -0.15) is 0 Å². The van der Waals surface area contributed by atoms with Gasteiger partial charge in [0.25, 0.3) is 0 Å². The van der Waals surface area contributed by atoms with Crippen molar-refractivity contribution in [3.8, 4) is 0 Å². The van der Waals surface area contributed by atoms with Gasteiger partial charge in [0.15, 0.2) is 0 Å². The van der Waals surface area contributed by atoms with Crippen LogP contribution in [0.25, 0.3) is 0 Å². The lowest BCUT2D eigenvalue weighted by Gasteiger charge is -2.28. The number of hydrogen-bond acceptors (Lipinski definition) is 7. The highest BCUT2D eigenvalue weighted by molar-refractivity contribution is 5.81. The zero-order valence-electron chi connectivity index (χ0n) is 33.0. The molecule has 0 aliphatic carbocycles. The number of nitrogens with zero attached hydrogens (tertiary/aromatic N) is 2. The summed E-state index contributed by atoms with van der Waals surface area (Å²) in [6.45, 7) is 24.3. The van der Waals surface area contributed by atoms with Crippen LogP contribution in [-0.4, -0.2) is 85.3 Å². The molecule has 1 rings (SSSR count). The van der Waals surface area contributed by atoms with Crippen molar-refractivity contribution < 1.29 is 29.0 Å². The summed E-state index contributed by atoms with van der Waals surface area (Å²) in [6.07, 6.45) is 15.5. The topological polar surface area (TPSA) is 96.4 Å². The molecule has 8 heteroatoms. The molecule has 0 saturated carbocycles. The molecule has 0 bridgehead atoms. The summed E-state index contributed by atoms with van der Waals surface area (Å²) in [7, 11) is 2.04. The molecule has 0 aromatic heterocycles. The second-order valence-corrected chi connectivity index (χ2v) is 10.1. The van der Waals surface area contributed by atoms with E-state index < -0.39 is 0 Å². The van der Waals surface area contributed by atoms with Gasteiger partial charge in [-0.05, 0) is 26.3 Å². The van der Waals surface area contributed by atoms with E-state index in [1.54, 1.807) is 0 Å². The first-order chi connectivity index (χ1) is 22.5. The molecule has 1 saturated heterocycles. The molecule has 8 nitrogen and oxygen atoms in total. The second-order valence-electron chi connectivity index (χ2n) is 10.1. The van der Waals surface area contributed by atoms with Crippen molar-refractivity contribution in [2.45, 2.75) is 185 Å². The Balaban J connectivity index is -0.000000508. The normalized spacial score (nSPS) is 12.0. The molecule has 46 heavy (non-hydrogen) atoms. The first-order valence-corrected chi connectivity index (χ1v) is 19.4. The predicted molar refractivity (Wildman–Crippen MR) is 198 cm³/mol. The third-order valence-electron chi connectivity index (χ3n) is 6.84. The number of hydrogen-bond donors (Lipinski definition) is 1. The largest absolute Gasteiger partial charge is 0.464 e. The molecule has 1 fully saturated rings. The van der Waals surface area contributed by atoms with Crippen LogP contribution in [0.3, 0.4) is 0 Å². The quantitative estimate of drug-likeness (QED) is 0.0966. The van der Waals surface area contributed by atoms with Crippen molar-refractivity contribution in [2.24, 2.45) is 0 Å². The number of rotatable bonds is 21. The fourth-order valence-electron chi connectivity index (χ4n) is 4.47. The van der Waals surface area contributed by atoms with Crippen LogP contribution in [0.4, 0.5) is 0 Å². The van der Waals surface area contributed by atoms with Gasteiger partial charge < -0.3 is 24.4 Å². The molecule has 1 N–H and O–H groups in total. The van der Waals surface area contributed by atoms with Crippen LogP contribution in [0.2, 0.25) is 0 Å². The number of esters is 2. The monoisotopic (exact) mass is 663 g/mol. The minimum atomic E-state index is -0.361. The highest BCUT2D eigenvalue weighted by atomic mass is 16.5. The number of carbonyl (C=O) groups excluding carboxylic acids is 3. The van der Waals surface area contributed by atoms with Crippen LogP contribution >= 0.6 is 0 Å². The standard InChI is InChI=1S/C28H52N2O6.5C2H6/c1-3-4-5-6-7-8-9-10-11-12-13-14-27(33)35-24-22-30(21-23-31)26(32)15-16-28(34)36-25-17-19-29(2)20-18-25;5*1-2/h25,31H,3-24H2,1-2H3;5*1-2H3. The van der Waals surface area contributed by atoms with Crippen molar-refractivity contribution >= 4 is 17.8 Å². The molecule has 1 aliphatic heterocycles. The van der Waals surface area contributed by atoms with Gasteiger partial charge in [-0.1, -0.05) is 140 Å². The molecular weight excluding hydrogens is 580 g/mol. The Morgan fingerprint density at radius 1 is 0.652 bits per heavy atom. The molecule has 1 aliphatic rings. The summed E-state index contributed by atoms with van der Waals surface area (Å²) in [5.41, 5.74) is 0. The highest BCUT2D eigenvalue weighted by Gasteiger charge is 2.21. The fourth-order valence-corrected chi connectivity index (χ4v) is 4.47. The van der Waals surface area contributed by atoms with Crippen LogP contribution in [0.5, 0.6) is 0 Å². The van der Waals surface area contributed by atoms with Gasteiger partial charge in [0, 0.05) is 32.5 Å². The van der Waals surface area contributed by atoms with Gasteiger partial charge in [-0.25, -0.2) is 0 Å². The second kappa shape index (κ2) is 47.7. The third-order valence-corrected chi connectivity index (χ3v) is 6.84. The van der Waals surface area contributed by atoms with Gasteiger partial charge in [0.1, 0.15) is 12.7 Å². The maximum atomic E-state index is 12.5.